The highest BCUT2D eigenvalue weighted by Gasteiger charge is 2.39. The molecule has 0 radical (unpaired) electrons. The molecule has 2 aromatic rings. The number of aryl methyl sites for hydroxylation is 1. The van der Waals surface area contributed by atoms with Crippen LogP contribution in [0.1, 0.15) is 50.8 Å². The van der Waals surface area contributed by atoms with Gasteiger partial charge in [-0.2, -0.15) is 0 Å². The third-order valence-corrected chi connectivity index (χ3v) is 8.37. The van der Waals surface area contributed by atoms with E-state index < -0.39 is 0 Å². The van der Waals surface area contributed by atoms with Gasteiger partial charge in [0.25, 0.3) is 0 Å². The smallest absolute Gasteiger partial charge is 0.0451 e. The van der Waals surface area contributed by atoms with E-state index in [0.29, 0.717) is 12.2 Å². The molecule has 186 valence electrons. The van der Waals surface area contributed by atoms with Crippen molar-refractivity contribution in [2.24, 2.45) is 11.5 Å². The van der Waals surface area contributed by atoms with Crippen LogP contribution in [0.2, 0.25) is 0 Å². The van der Waals surface area contributed by atoms with E-state index in [0.717, 1.165) is 18.5 Å². The van der Waals surface area contributed by atoms with E-state index in [9.17, 15) is 0 Å². The molecule has 3 rings (SSSR count). The minimum Gasteiger partial charge on any atom is -0.399 e. The molecule has 0 aliphatic carbocycles. The fourth-order valence-electron chi connectivity index (χ4n) is 4.71. The molecule has 2 aromatic carbocycles. The summed E-state index contributed by atoms with van der Waals surface area (Å²) >= 11 is 4.75. The van der Waals surface area contributed by atoms with Gasteiger partial charge in [-0.15, -0.1) is 0 Å². The van der Waals surface area contributed by atoms with E-state index in [-0.39, 0.29) is 10.8 Å². The third kappa shape index (κ3) is 6.05. The lowest BCUT2D eigenvalue weighted by Gasteiger charge is -2.28. The molecule has 0 unspecified atom stereocenters. The van der Waals surface area contributed by atoms with Crippen molar-refractivity contribution in [1.29, 1.82) is 0 Å². The first kappa shape index (κ1) is 28.0. The summed E-state index contributed by atoms with van der Waals surface area (Å²) < 4.78 is 2.48. The van der Waals surface area contributed by atoms with Crippen LogP contribution in [0.15, 0.2) is 84.2 Å². The predicted molar refractivity (Wildman–Crippen MR) is 169 cm³/mol. The molecule has 3 nitrogen and oxygen atoms in total. The Bertz CT molecular complexity index is 1200. The molecule has 0 saturated heterocycles. The monoisotopic (exact) mass is 693 g/mol. The molecule has 5 heteroatoms. The molecule has 0 fully saturated rings. The second-order valence-corrected chi connectivity index (χ2v) is 12.7. The lowest BCUT2D eigenvalue weighted by molar-refractivity contribution is 0.626. The zero-order valence-electron chi connectivity index (χ0n) is 21.5. The topological polar surface area (TPSA) is 55.3 Å². The number of rotatable bonds is 8. The standard InChI is InChI=1S/C30H37I2N3/c1-20-8-10-22(31)18-25(20)29(3,4)21(2)9-12-24(34)13-15-28-30(5,6)26-19-23(32)11-14-27(26)35(28)17-7-16-33/h8-15,18-19H,2,7,16-17,33-34H2,1,3-6H3/b12-9+,24-13-,28-15+. The number of hydrogen-bond acceptors (Lipinski definition) is 3. The maximum atomic E-state index is 6.45. The predicted octanol–water partition coefficient (Wildman–Crippen LogP) is 7.47. The number of hydrogen-bond donors (Lipinski definition) is 2. The summed E-state index contributed by atoms with van der Waals surface area (Å²) in [6.45, 7) is 17.1. The van der Waals surface area contributed by atoms with Crippen LogP contribution in [-0.2, 0) is 10.8 Å². The molecule has 0 atom stereocenters. The summed E-state index contributed by atoms with van der Waals surface area (Å²) in [6, 6.07) is 13.2. The van der Waals surface area contributed by atoms with Gasteiger partial charge in [0.15, 0.2) is 0 Å². The second kappa shape index (κ2) is 11.2. The molecule has 0 bridgehead atoms. The lowest BCUT2D eigenvalue weighted by atomic mass is 9.76. The van der Waals surface area contributed by atoms with Gasteiger partial charge in [-0.1, -0.05) is 46.4 Å². The van der Waals surface area contributed by atoms with Gasteiger partial charge in [-0.05, 0) is 136 Å². The van der Waals surface area contributed by atoms with Crippen LogP contribution in [0.25, 0.3) is 0 Å². The average molecular weight is 693 g/mol. The number of nitrogens with zero attached hydrogens (tertiary/aromatic N) is 1. The van der Waals surface area contributed by atoms with Crippen LogP contribution < -0.4 is 16.4 Å². The number of anilines is 1. The van der Waals surface area contributed by atoms with Gasteiger partial charge in [0.05, 0.1) is 0 Å². The van der Waals surface area contributed by atoms with Gasteiger partial charge in [0.2, 0.25) is 0 Å². The Balaban J connectivity index is 1.88. The average Bonchev–Trinajstić information content (AvgIpc) is 3.01. The summed E-state index contributed by atoms with van der Waals surface area (Å²) in [5.74, 6) is 0. The third-order valence-electron chi connectivity index (χ3n) is 7.03. The number of benzene rings is 2. The normalized spacial score (nSPS) is 16.9. The first-order valence-corrected chi connectivity index (χ1v) is 14.1. The van der Waals surface area contributed by atoms with Gasteiger partial charge in [0.1, 0.15) is 0 Å². The Morgan fingerprint density at radius 2 is 1.74 bits per heavy atom. The molecule has 35 heavy (non-hydrogen) atoms. The highest BCUT2D eigenvalue weighted by atomic mass is 127. The minimum absolute atomic E-state index is 0.112. The van der Waals surface area contributed by atoms with Gasteiger partial charge < -0.3 is 16.4 Å². The number of fused-ring (bicyclic) bond motifs is 1. The van der Waals surface area contributed by atoms with Crippen molar-refractivity contribution >= 4 is 50.9 Å². The molecular formula is C30H37I2N3. The summed E-state index contributed by atoms with van der Waals surface area (Å²) in [5.41, 5.74) is 20.1. The fourth-order valence-corrected chi connectivity index (χ4v) is 5.70. The van der Waals surface area contributed by atoms with Gasteiger partial charge >= 0.3 is 0 Å². The zero-order valence-corrected chi connectivity index (χ0v) is 25.8. The Kier molecular flexibility index (Phi) is 8.97. The zero-order chi connectivity index (χ0) is 26.0. The van der Waals surface area contributed by atoms with Crippen molar-refractivity contribution in [3.63, 3.8) is 0 Å². The van der Waals surface area contributed by atoms with Crippen molar-refractivity contribution < 1.29 is 0 Å². The highest BCUT2D eigenvalue weighted by Crippen LogP contribution is 2.48. The van der Waals surface area contributed by atoms with Gasteiger partial charge in [-0.25, -0.2) is 0 Å². The molecule has 0 aromatic heterocycles. The Morgan fingerprint density at radius 1 is 1.09 bits per heavy atom. The van der Waals surface area contributed by atoms with Crippen molar-refractivity contribution in [3.05, 3.63) is 108 Å². The summed E-state index contributed by atoms with van der Waals surface area (Å²) in [7, 11) is 0. The first-order chi connectivity index (χ1) is 16.4. The van der Waals surface area contributed by atoms with E-state index in [4.69, 9.17) is 11.5 Å². The fraction of sp³-hybridized carbons (Fsp3) is 0.333. The van der Waals surface area contributed by atoms with Crippen molar-refractivity contribution in [3.8, 4) is 0 Å². The van der Waals surface area contributed by atoms with Crippen LogP contribution in [0.5, 0.6) is 0 Å². The molecule has 1 aliphatic rings. The molecule has 1 heterocycles. The van der Waals surface area contributed by atoms with Crippen molar-refractivity contribution in [2.45, 2.75) is 51.9 Å². The van der Waals surface area contributed by atoms with Crippen LogP contribution in [0.3, 0.4) is 0 Å². The van der Waals surface area contributed by atoms with E-state index in [1.165, 1.54) is 35.2 Å². The second-order valence-electron chi connectivity index (χ2n) is 10.2. The van der Waals surface area contributed by atoms with Crippen LogP contribution in [0, 0.1) is 14.1 Å². The SMILES string of the molecule is C=C(/C=C/C(N)=C/C=C1/N(CCCN)c2ccc(I)cc2C1(C)C)C(C)(C)c1cc(I)ccc1C. The number of allylic oxidation sites excluding steroid dienone is 6. The first-order valence-electron chi connectivity index (χ1n) is 12.0. The molecular weight excluding hydrogens is 656 g/mol. The molecule has 0 amide bonds. The maximum Gasteiger partial charge on any atom is 0.0451 e. The Morgan fingerprint density at radius 3 is 2.43 bits per heavy atom. The maximum absolute atomic E-state index is 6.45. The van der Waals surface area contributed by atoms with Crippen LogP contribution in [-0.4, -0.2) is 13.1 Å². The van der Waals surface area contributed by atoms with Crippen LogP contribution in [0.4, 0.5) is 5.69 Å². The Hall–Kier alpha value is -1.58. The molecule has 0 spiro atoms. The van der Waals surface area contributed by atoms with E-state index in [1.54, 1.807) is 0 Å². The van der Waals surface area contributed by atoms with E-state index >= 15 is 0 Å². The summed E-state index contributed by atoms with van der Waals surface area (Å²) in [5, 5.41) is 0. The van der Waals surface area contributed by atoms with Crippen molar-refractivity contribution in [1.82, 2.24) is 0 Å². The molecule has 1 aliphatic heterocycles. The highest BCUT2D eigenvalue weighted by molar-refractivity contribution is 14.1. The molecule has 0 saturated carbocycles. The van der Waals surface area contributed by atoms with E-state index in [1.807, 2.05) is 18.2 Å². The summed E-state index contributed by atoms with van der Waals surface area (Å²) in [4.78, 5) is 2.40. The largest absolute Gasteiger partial charge is 0.399 e. The minimum atomic E-state index is -0.189. The lowest BCUT2D eigenvalue weighted by Crippen LogP contribution is -2.28. The molecule has 4 N–H and O–H groups in total. The number of nitrogens with two attached hydrogens (primary N) is 2. The summed E-state index contributed by atoms with van der Waals surface area (Å²) in [6.07, 6.45) is 9.13. The van der Waals surface area contributed by atoms with Crippen molar-refractivity contribution in [2.75, 3.05) is 18.0 Å². The Labute approximate surface area is 238 Å². The van der Waals surface area contributed by atoms with Crippen LogP contribution >= 0.6 is 45.2 Å². The quantitative estimate of drug-likeness (QED) is 0.223. The number of halogens is 2. The van der Waals surface area contributed by atoms with Gasteiger partial charge in [-0.3, -0.25) is 0 Å². The van der Waals surface area contributed by atoms with E-state index in [2.05, 4.69) is 134 Å². The van der Waals surface area contributed by atoms with Gasteiger partial charge in [0, 0.05) is 41.6 Å².